The van der Waals surface area contributed by atoms with E-state index in [1.165, 1.54) is 0 Å². The quantitative estimate of drug-likeness (QED) is 0.882. The highest BCUT2D eigenvalue weighted by atomic mass is 19.4. The molecule has 0 aliphatic heterocycles. The summed E-state index contributed by atoms with van der Waals surface area (Å²) in [4.78, 5) is 28.9. The van der Waals surface area contributed by atoms with Crippen LogP contribution in [0.3, 0.4) is 0 Å². The van der Waals surface area contributed by atoms with Gasteiger partial charge in [0, 0.05) is 12.4 Å². The van der Waals surface area contributed by atoms with Gasteiger partial charge < -0.3 is 10.4 Å². The molecule has 0 aromatic carbocycles. The van der Waals surface area contributed by atoms with Gasteiger partial charge in [0.1, 0.15) is 0 Å². The van der Waals surface area contributed by atoms with Gasteiger partial charge in [-0.15, -0.1) is 0 Å². The number of halogens is 3. The van der Waals surface area contributed by atoms with Crippen molar-refractivity contribution in [2.45, 2.75) is 37.4 Å². The van der Waals surface area contributed by atoms with Crippen LogP contribution in [0.25, 0.3) is 0 Å². The van der Waals surface area contributed by atoms with Crippen LogP contribution in [0.4, 0.5) is 13.2 Å². The van der Waals surface area contributed by atoms with Crippen molar-refractivity contribution in [2.75, 3.05) is 0 Å². The average molecular weight is 303 g/mol. The van der Waals surface area contributed by atoms with Gasteiger partial charge in [-0.05, 0) is 19.3 Å². The van der Waals surface area contributed by atoms with Gasteiger partial charge in [-0.3, -0.25) is 9.59 Å². The van der Waals surface area contributed by atoms with Gasteiger partial charge >= 0.3 is 12.1 Å². The molecule has 0 atom stereocenters. The lowest BCUT2D eigenvalue weighted by molar-refractivity contribution is -0.145. The highest BCUT2D eigenvalue weighted by Gasteiger charge is 2.41. The van der Waals surface area contributed by atoms with Gasteiger partial charge in [0.25, 0.3) is 5.91 Å². The molecule has 0 bridgehead atoms. The number of rotatable bonds is 4. The number of amides is 1. The summed E-state index contributed by atoms with van der Waals surface area (Å²) in [5.74, 6) is -3.05. The monoisotopic (exact) mass is 303 g/mol. The predicted octanol–water partition coefficient (Wildman–Crippen LogP) is 1.62. The van der Waals surface area contributed by atoms with Gasteiger partial charge in [-0.25, -0.2) is 9.97 Å². The fourth-order valence-corrected chi connectivity index (χ4v) is 2.14. The molecule has 0 radical (unpaired) electrons. The summed E-state index contributed by atoms with van der Waals surface area (Å²) < 4.78 is 36.9. The largest absolute Gasteiger partial charge is 0.481 e. The first-order chi connectivity index (χ1) is 9.72. The maximum absolute atomic E-state index is 12.3. The molecule has 1 heterocycles. The van der Waals surface area contributed by atoms with Gasteiger partial charge in [0.15, 0.2) is 0 Å². The Bertz CT molecular complexity index is 553. The third kappa shape index (κ3) is 3.47. The van der Waals surface area contributed by atoms with Crippen molar-refractivity contribution >= 4 is 11.9 Å². The van der Waals surface area contributed by atoms with Gasteiger partial charge in [-0.2, -0.15) is 13.2 Å². The van der Waals surface area contributed by atoms with Crippen LogP contribution < -0.4 is 5.32 Å². The maximum Gasteiger partial charge on any atom is 0.451 e. The van der Waals surface area contributed by atoms with Crippen LogP contribution in [0, 0.1) is 0 Å². The van der Waals surface area contributed by atoms with E-state index in [0.29, 0.717) is 12.8 Å². The summed E-state index contributed by atoms with van der Waals surface area (Å²) in [5.41, 5.74) is -0.967. The number of nitrogens with one attached hydrogen (secondary N) is 1. The van der Waals surface area contributed by atoms with Crippen LogP contribution >= 0.6 is 0 Å². The predicted molar refractivity (Wildman–Crippen MR) is 63.3 cm³/mol. The lowest BCUT2D eigenvalue weighted by Gasteiger charge is -2.41. The zero-order valence-electron chi connectivity index (χ0n) is 10.8. The van der Waals surface area contributed by atoms with Crippen LogP contribution in [-0.4, -0.2) is 32.5 Å². The number of carboxylic acids is 1. The van der Waals surface area contributed by atoms with Crippen molar-refractivity contribution in [1.82, 2.24) is 15.3 Å². The van der Waals surface area contributed by atoms with Crippen LogP contribution in [0.1, 0.15) is 41.9 Å². The number of carbonyl (C=O) groups excluding carboxylic acids is 1. The van der Waals surface area contributed by atoms with E-state index in [4.69, 9.17) is 5.11 Å². The van der Waals surface area contributed by atoms with E-state index < -0.39 is 29.4 Å². The second kappa shape index (κ2) is 5.30. The van der Waals surface area contributed by atoms with Crippen LogP contribution in [0.2, 0.25) is 0 Å². The first kappa shape index (κ1) is 15.2. The summed E-state index contributed by atoms with van der Waals surface area (Å²) in [5, 5.41) is 11.4. The third-order valence-electron chi connectivity index (χ3n) is 3.35. The Hall–Kier alpha value is -2.19. The molecule has 1 aliphatic carbocycles. The SMILES string of the molecule is O=C(O)CC1(NC(=O)c2cnc(C(F)(F)F)nc2)CCC1. The molecule has 0 saturated heterocycles. The Morgan fingerprint density at radius 1 is 1.29 bits per heavy atom. The second-order valence-corrected chi connectivity index (χ2v) is 4.95. The minimum Gasteiger partial charge on any atom is -0.481 e. The molecule has 114 valence electrons. The lowest BCUT2D eigenvalue weighted by Crippen LogP contribution is -2.54. The Morgan fingerprint density at radius 2 is 1.86 bits per heavy atom. The van der Waals surface area contributed by atoms with E-state index in [2.05, 4.69) is 15.3 Å². The molecule has 9 heteroatoms. The molecule has 1 amide bonds. The fourth-order valence-electron chi connectivity index (χ4n) is 2.14. The molecular formula is C12H12F3N3O3. The van der Waals surface area contributed by atoms with Crippen LogP contribution in [0.15, 0.2) is 12.4 Å². The zero-order chi connectivity index (χ0) is 15.7. The topological polar surface area (TPSA) is 92.2 Å². The number of hydrogen-bond donors (Lipinski definition) is 2. The average Bonchev–Trinajstić information content (AvgIpc) is 2.34. The summed E-state index contributed by atoms with van der Waals surface area (Å²) >= 11 is 0. The van der Waals surface area contributed by atoms with Crippen molar-refractivity contribution in [3.8, 4) is 0 Å². The molecular weight excluding hydrogens is 291 g/mol. The molecule has 1 saturated carbocycles. The van der Waals surface area contributed by atoms with Gasteiger partial charge in [0.2, 0.25) is 5.82 Å². The number of aliphatic carboxylic acids is 1. The van der Waals surface area contributed by atoms with Crippen molar-refractivity contribution in [2.24, 2.45) is 0 Å². The summed E-state index contributed by atoms with van der Waals surface area (Å²) in [7, 11) is 0. The molecule has 2 rings (SSSR count). The van der Waals surface area contributed by atoms with Gasteiger partial charge in [-0.1, -0.05) is 0 Å². The second-order valence-electron chi connectivity index (χ2n) is 4.95. The fraction of sp³-hybridized carbons (Fsp3) is 0.500. The van der Waals surface area contributed by atoms with Gasteiger partial charge in [0.05, 0.1) is 17.5 Å². The van der Waals surface area contributed by atoms with E-state index >= 15 is 0 Å². The minimum absolute atomic E-state index is 0.139. The molecule has 1 aliphatic rings. The molecule has 0 unspecified atom stereocenters. The summed E-state index contributed by atoms with van der Waals surface area (Å²) in [6.07, 6.45) is -1.51. The zero-order valence-corrected chi connectivity index (χ0v) is 10.8. The molecule has 6 nitrogen and oxygen atoms in total. The first-order valence-electron chi connectivity index (χ1n) is 6.15. The van der Waals surface area contributed by atoms with E-state index in [9.17, 15) is 22.8 Å². The van der Waals surface area contributed by atoms with E-state index in [1.54, 1.807) is 0 Å². The van der Waals surface area contributed by atoms with E-state index in [-0.39, 0.29) is 12.0 Å². The molecule has 1 aromatic rings. The number of carboxylic acid groups (broad SMARTS) is 1. The summed E-state index contributed by atoms with van der Waals surface area (Å²) in [6, 6.07) is 0. The van der Waals surface area contributed by atoms with Crippen molar-refractivity contribution in [3.63, 3.8) is 0 Å². The van der Waals surface area contributed by atoms with Crippen LogP contribution in [0.5, 0.6) is 0 Å². The van der Waals surface area contributed by atoms with E-state index in [1.807, 2.05) is 0 Å². The number of alkyl halides is 3. The van der Waals surface area contributed by atoms with E-state index in [0.717, 1.165) is 18.8 Å². The van der Waals surface area contributed by atoms with Crippen molar-refractivity contribution < 1.29 is 27.9 Å². The lowest BCUT2D eigenvalue weighted by atomic mass is 9.74. The Kier molecular flexibility index (Phi) is 3.84. The standard InChI is InChI=1S/C12H12F3N3O3/c13-12(14,15)10-16-5-7(6-17-10)9(21)18-11(2-1-3-11)4-8(19)20/h5-6H,1-4H2,(H,18,21)(H,19,20). The Labute approximate surface area is 117 Å². The highest BCUT2D eigenvalue weighted by molar-refractivity contribution is 5.94. The Morgan fingerprint density at radius 3 is 2.24 bits per heavy atom. The smallest absolute Gasteiger partial charge is 0.451 e. The molecule has 1 fully saturated rings. The maximum atomic E-state index is 12.3. The number of hydrogen-bond acceptors (Lipinski definition) is 4. The minimum atomic E-state index is -4.67. The third-order valence-corrected chi connectivity index (χ3v) is 3.35. The number of carbonyl (C=O) groups is 2. The highest BCUT2D eigenvalue weighted by Crippen LogP contribution is 2.35. The Balaban J connectivity index is 2.08. The molecule has 1 aromatic heterocycles. The van der Waals surface area contributed by atoms with Crippen LogP contribution in [-0.2, 0) is 11.0 Å². The normalized spacial score (nSPS) is 16.9. The number of aromatic nitrogens is 2. The molecule has 0 spiro atoms. The van der Waals surface area contributed by atoms with Crippen molar-refractivity contribution in [3.05, 3.63) is 23.8 Å². The first-order valence-corrected chi connectivity index (χ1v) is 6.15. The molecule has 21 heavy (non-hydrogen) atoms. The van der Waals surface area contributed by atoms with Crippen molar-refractivity contribution in [1.29, 1.82) is 0 Å². The molecule has 2 N–H and O–H groups in total. The number of nitrogens with zero attached hydrogens (tertiary/aromatic N) is 2. The summed E-state index contributed by atoms with van der Waals surface area (Å²) in [6.45, 7) is 0.